The SMILES string of the molecule is Cc1cc(C)c2c(c1)-c1c(Br)cccc1C2(c1ccccc1)c1ccccc1. The molecular weight excluding hydrogens is 404 g/mol. The van der Waals surface area contributed by atoms with E-state index in [0.29, 0.717) is 0 Å². The lowest BCUT2D eigenvalue weighted by molar-refractivity contribution is 0.761. The molecule has 0 radical (unpaired) electrons. The highest BCUT2D eigenvalue weighted by Gasteiger charge is 2.47. The third-order valence-electron chi connectivity index (χ3n) is 5.96. The molecule has 0 bridgehead atoms. The number of benzene rings is 4. The van der Waals surface area contributed by atoms with Gasteiger partial charge in [-0.3, -0.25) is 0 Å². The fraction of sp³-hybridized carbons (Fsp3) is 0.111. The van der Waals surface area contributed by atoms with E-state index in [0.717, 1.165) is 4.47 Å². The summed E-state index contributed by atoms with van der Waals surface area (Å²) in [4.78, 5) is 0. The Labute approximate surface area is 175 Å². The summed E-state index contributed by atoms with van der Waals surface area (Å²) in [6.45, 7) is 4.45. The molecule has 4 aromatic carbocycles. The molecule has 1 heteroatoms. The van der Waals surface area contributed by atoms with Crippen LogP contribution in [0.25, 0.3) is 11.1 Å². The van der Waals surface area contributed by atoms with Gasteiger partial charge in [-0.15, -0.1) is 0 Å². The van der Waals surface area contributed by atoms with Gasteiger partial charge in [-0.2, -0.15) is 0 Å². The molecule has 4 aromatic rings. The maximum absolute atomic E-state index is 3.86. The lowest BCUT2D eigenvalue weighted by Gasteiger charge is -2.35. The summed E-state index contributed by atoms with van der Waals surface area (Å²) in [5, 5.41) is 0. The summed E-state index contributed by atoms with van der Waals surface area (Å²) in [5.74, 6) is 0. The zero-order valence-electron chi connectivity index (χ0n) is 16.0. The van der Waals surface area contributed by atoms with E-state index in [-0.39, 0.29) is 5.41 Å². The van der Waals surface area contributed by atoms with Crippen LogP contribution in [-0.2, 0) is 5.41 Å². The van der Waals surface area contributed by atoms with Gasteiger partial charge in [-0.05, 0) is 53.3 Å². The van der Waals surface area contributed by atoms with Crippen molar-refractivity contribution < 1.29 is 0 Å². The van der Waals surface area contributed by atoms with Gasteiger partial charge in [0.15, 0.2) is 0 Å². The molecule has 1 aliphatic rings. The van der Waals surface area contributed by atoms with Crippen LogP contribution in [0.1, 0.15) is 33.4 Å². The molecule has 0 amide bonds. The van der Waals surface area contributed by atoms with Gasteiger partial charge < -0.3 is 0 Å². The highest BCUT2D eigenvalue weighted by atomic mass is 79.9. The minimum absolute atomic E-state index is 0.311. The summed E-state index contributed by atoms with van der Waals surface area (Å²) < 4.78 is 1.16. The second-order valence-electron chi connectivity index (χ2n) is 7.65. The van der Waals surface area contributed by atoms with Crippen molar-refractivity contribution >= 4 is 15.9 Å². The molecule has 0 unspecified atom stereocenters. The predicted molar refractivity (Wildman–Crippen MR) is 121 cm³/mol. The maximum Gasteiger partial charge on any atom is 0.0716 e. The third kappa shape index (κ3) is 2.29. The van der Waals surface area contributed by atoms with Crippen LogP contribution in [0, 0.1) is 13.8 Å². The molecule has 0 nitrogen and oxygen atoms in total. The van der Waals surface area contributed by atoms with Crippen molar-refractivity contribution in [1.82, 2.24) is 0 Å². The number of fused-ring (bicyclic) bond motifs is 3. The molecule has 0 saturated carbocycles. The summed E-state index contributed by atoms with van der Waals surface area (Å²) in [5.41, 5.74) is 10.4. The van der Waals surface area contributed by atoms with E-state index in [9.17, 15) is 0 Å². The summed E-state index contributed by atoms with van der Waals surface area (Å²) in [6.07, 6.45) is 0. The van der Waals surface area contributed by atoms with Crippen molar-refractivity contribution in [3.05, 3.63) is 129 Å². The Hall–Kier alpha value is -2.64. The molecule has 0 heterocycles. The summed E-state index contributed by atoms with van der Waals surface area (Å²) in [6, 6.07) is 33.2. The molecule has 5 rings (SSSR count). The van der Waals surface area contributed by atoms with E-state index < -0.39 is 0 Å². The summed E-state index contributed by atoms with van der Waals surface area (Å²) in [7, 11) is 0. The fourth-order valence-corrected chi connectivity index (χ4v) is 5.63. The first-order chi connectivity index (χ1) is 13.6. The van der Waals surface area contributed by atoms with Crippen molar-refractivity contribution in [1.29, 1.82) is 0 Å². The van der Waals surface area contributed by atoms with Crippen LogP contribution in [0.3, 0.4) is 0 Å². The Bertz CT molecular complexity index is 1130. The van der Waals surface area contributed by atoms with Crippen LogP contribution < -0.4 is 0 Å². The molecule has 0 N–H and O–H groups in total. The van der Waals surface area contributed by atoms with Gasteiger partial charge in [0.1, 0.15) is 0 Å². The van der Waals surface area contributed by atoms with E-state index in [4.69, 9.17) is 0 Å². The first-order valence-electron chi connectivity index (χ1n) is 9.66. The van der Waals surface area contributed by atoms with E-state index in [1.165, 1.54) is 44.5 Å². The molecule has 0 atom stereocenters. The first-order valence-corrected chi connectivity index (χ1v) is 10.5. The smallest absolute Gasteiger partial charge is 0.0622 e. The topological polar surface area (TPSA) is 0 Å². The van der Waals surface area contributed by atoms with Crippen molar-refractivity contribution in [3.8, 4) is 11.1 Å². The van der Waals surface area contributed by atoms with Crippen LogP contribution >= 0.6 is 15.9 Å². The van der Waals surface area contributed by atoms with E-state index in [1.54, 1.807) is 0 Å². The minimum atomic E-state index is -0.311. The number of halogens is 1. The highest BCUT2D eigenvalue weighted by molar-refractivity contribution is 9.10. The van der Waals surface area contributed by atoms with Crippen LogP contribution in [0.15, 0.2) is 95.5 Å². The normalized spacial score (nSPS) is 13.8. The molecule has 28 heavy (non-hydrogen) atoms. The second kappa shape index (κ2) is 6.46. The largest absolute Gasteiger partial charge is 0.0716 e. The van der Waals surface area contributed by atoms with E-state index in [1.807, 2.05) is 0 Å². The average Bonchev–Trinajstić information content (AvgIpc) is 3.02. The quantitative estimate of drug-likeness (QED) is 0.276. The number of hydrogen-bond acceptors (Lipinski definition) is 0. The molecule has 0 aromatic heterocycles. The van der Waals surface area contributed by atoms with Crippen LogP contribution in [-0.4, -0.2) is 0 Å². The Morgan fingerprint density at radius 3 is 1.89 bits per heavy atom. The highest BCUT2D eigenvalue weighted by Crippen LogP contribution is 2.58. The zero-order valence-corrected chi connectivity index (χ0v) is 17.6. The molecule has 0 fully saturated rings. The van der Waals surface area contributed by atoms with E-state index >= 15 is 0 Å². The van der Waals surface area contributed by atoms with Crippen LogP contribution in [0.2, 0.25) is 0 Å². The molecule has 0 saturated heterocycles. The monoisotopic (exact) mass is 424 g/mol. The minimum Gasteiger partial charge on any atom is -0.0622 e. The van der Waals surface area contributed by atoms with Gasteiger partial charge in [0, 0.05) is 10.0 Å². The van der Waals surface area contributed by atoms with Gasteiger partial charge in [-0.25, -0.2) is 0 Å². The van der Waals surface area contributed by atoms with E-state index in [2.05, 4.69) is 121 Å². The Balaban J connectivity index is 2.04. The lowest BCUT2D eigenvalue weighted by Crippen LogP contribution is -2.29. The molecule has 0 spiro atoms. The van der Waals surface area contributed by atoms with Crippen molar-refractivity contribution in [2.45, 2.75) is 19.3 Å². The number of hydrogen-bond donors (Lipinski definition) is 0. The lowest BCUT2D eigenvalue weighted by atomic mass is 9.66. The van der Waals surface area contributed by atoms with Crippen molar-refractivity contribution in [3.63, 3.8) is 0 Å². The van der Waals surface area contributed by atoms with Crippen LogP contribution in [0.5, 0.6) is 0 Å². The van der Waals surface area contributed by atoms with Crippen molar-refractivity contribution in [2.24, 2.45) is 0 Å². The fourth-order valence-electron chi connectivity index (χ4n) is 5.05. The standard InChI is InChI=1S/C27H21Br/c1-18-16-19(2)26-22(17-18)25-23(14-9-15-24(25)28)27(26,20-10-5-3-6-11-20)21-12-7-4-8-13-21/h3-17H,1-2H3. The molecular formula is C27H21Br. The van der Waals surface area contributed by atoms with Gasteiger partial charge >= 0.3 is 0 Å². The molecule has 0 aliphatic heterocycles. The summed E-state index contributed by atoms with van der Waals surface area (Å²) >= 11 is 3.86. The van der Waals surface area contributed by atoms with Crippen LogP contribution in [0.4, 0.5) is 0 Å². The first kappa shape index (κ1) is 17.5. The number of aryl methyl sites for hydroxylation is 2. The predicted octanol–water partition coefficient (Wildman–Crippen LogP) is 7.43. The Morgan fingerprint density at radius 2 is 1.29 bits per heavy atom. The third-order valence-corrected chi connectivity index (χ3v) is 6.62. The molecule has 1 aliphatic carbocycles. The van der Waals surface area contributed by atoms with Gasteiger partial charge in [0.2, 0.25) is 0 Å². The maximum atomic E-state index is 3.86. The molecule has 136 valence electrons. The van der Waals surface area contributed by atoms with Gasteiger partial charge in [0.25, 0.3) is 0 Å². The van der Waals surface area contributed by atoms with Crippen molar-refractivity contribution in [2.75, 3.05) is 0 Å². The van der Waals surface area contributed by atoms with Gasteiger partial charge in [-0.1, -0.05) is 106 Å². The number of rotatable bonds is 2. The van der Waals surface area contributed by atoms with Gasteiger partial charge in [0.05, 0.1) is 5.41 Å². The Morgan fingerprint density at radius 1 is 0.679 bits per heavy atom. The second-order valence-corrected chi connectivity index (χ2v) is 8.50. The average molecular weight is 425 g/mol. The Kier molecular flexibility index (Phi) is 4.03. The zero-order chi connectivity index (χ0) is 19.3.